The molecule has 2 atom stereocenters. The highest BCUT2D eigenvalue weighted by atomic mass is 32.2. The van der Waals surface area contributed by atoms with Crippen molar-refractivity contribution in [1.29, 1.82) is 0 Å². The van der Waals surface area contributed by atoms with E-state index in [-0.39, 0.29) is 23.2 Å². The number of phenolic OH excluding ortho intramolecular Hbond substituents is 1. The Labute approximate surface area is 235 Å². The van der Waals surface area contributed by atoms with Crippen LogP contribution in [0, 0.1) is 0 Å². The number of hydrogen-bond acceptors (Lipinski definition) is 8. The minimum absolute atomic E-state index is 0.0697. The van der Waals surface area contributed by atoms with Gasteiger partial charge in [-0.05, 0) is 39.3 Å². The highest BCUT2D eigenvalue weighted by molar-refractivity contribution is 7.99. The zero-order chi connectivity index (χ0) is 28.8. The van der Waals surface area contributed by atoms with Crippen LogP contribution in [-0.4, -0.2) is 105 Å². The highest BCUT2D eigenvalue weighted by Crippen LogP contribution is 2.38. The molecule has 2 amide bonds. The van der Waals surface area contributed by atoms with Gasteiger partial charge in [-0.25, -0.2) is 9.78 Å². The number of carbonyl (C=O) groups excluding carboxylic acids is 2. The Hall–Kier alpha value is -2.93. The van der Waals surface area contributed by atoms with Crippen LogP contribution in [0.15, 0.2) is 24.3 Å². The minimum Gasteiger partial charge on any atom is -0.506 e. The standard InChI is InChI=1S/C27H34F3N5O4S/c1-26(2,3)39-25(38)35-15-17(13-20(35)24(37)34-11-12-40-16-34)32-7-9-33(10-8-32)19-14-22(27(28,29)30)31-23-18(19)5-4-6-21(23)36/h4-6,14,17,20,36H,7-13,15-16H2,1-3H3/t17-,20-/m0/s1. The second-order valence-electron chi connectivity index (χ2n) is 11.4. The number of benzene rings is 1. The molecule has 0 radical (unpaired) electrons. The van der Waals surface area contributed by atoms with Crippen LogP contribution in [0.4, 0.5) is 23.7 Å². The molecule has 3 fully saturated rings. The summed E-state index contributed by atoms with van der Waals surface area (Å²) in [5, 5.41) is 10.7. The normalized spacial score (nSPS) is 22.8. The van der Waals surface area contributed by atoms with Gasteiger partial charge < -0.3 is 19.6 Å². The Morgan fingerprint density at radius 3 is 2.45 bits per heavy atom. The summed E-state index contributed by atoms with van der Waals surface area (Å²) < 4.78 is 46.5. The van der Waals surface area contributed by atoms with Gasteiger partial charge in [0.1, 0.15) is 28.6 Å². The van der Waals surface area contributed by atoms with Crippen LogP contribution in [0.5, 0.6) is 5.75 Å². The van der Waals surface area contributed by atoms with Crippen molar-refractivity contribution in [2.45, 2.75) is 51.1 Å². The zero-order valence-electron chi connectivity index (χ0n) is 22.8. The van der Waals surface area contributed by atoms with Gasteiger partial charge in [0.15, 0.2) is 0 Å². The minimum atomic E-state index is -4.66. The molecule has 4 heterocycles. The highest BCUT2D eigenvalue weighted by Gasteiger charge is 2.45. The maximum Gasteiger partial charge on any atom is 0.433 e. The van der Waals surface area contributed by atoms with Crippen molar-refractivity contribution in [3.05, 3.63) is 30.0 Å². The van der Waals surface area contributed by atoms with E-state index in [1.54, 1.807) is 54.5 Å². The van der Waals surface area contributed by atoms with Gasteiger partial charge in [0, 0.05) is 62.1 Å². The first-order valence-corrected chi connectivity index (χ1v) is 14.5. The first-order chi connectivity index (χ1) is 18.8. The number of carbonyl (C=O) groups is 2. The third-order valence-corrected chi connectivity index (χ3v) is 8.48. The monoisotopic (exact) mass is 581 g/mol. The van der Waals surface area contributed by atoms with Gasteiger partial charge in [-0.15, -0.1) is 11.8 Å². The van der Waals surface area contributed by atoms with E-state index in [4.69, 9.17) is 4.74 Å². The Morgan fingerprint density at radius 1 is 1.10 bits per heavy atom. The second-order valence-corrected chi connectivity index (χ2v) is 12.5. The van der Waals surface area contributed by atoms with Crippen LogP contribution in [0.1, 0.15) is 32.9 Å². The number of halogens is 3. The number of para-hydroxylation sites is 1. The molecule has 3 aliphatic rings. The fourth-order valence-corrected chi connectivity index (χ4v) is 6.54. The summed E-state index contributed by atoms with van der Waals surface area (Å²) in [5.74, 6) is 1.10. The predicted molar refractivity (Wildman–Crippen MR) is 146 cm³/mol. The molecule has 13 heteroatoms. The quantitative estimate of drug-likeness (QED) is 0.582. The summed E-state index contributed by atoms with van der Waals surface area (Å²) in [7, 11) is 0. The fourth-order valence-electron chi connectivity index (χ4n) is 5.58. The van der Waals surface area contributed by atoms with Crippen LogP contribution >= 0.6 is 11.8 Å². The molecule has 0 saturated carbocycles. The lowest BCUT2D eigenvalue weighted by Gasteiger charge is -2.39. The van der Waals surface area contributed by atoms with Gasteiger partial charge in [-0.3, -0.25) is 14.6 Å². The number of anilines is 1. The van der Waals surface area contributed by atoms with E-state index in [0.717, 1.165) is 11.8 Å². The van der Waals surface area contributed by atoms with Crippen molar-refractivity contribution in [2.24, 2.45) is 0 Å². The number of amides is 2. The molecule has 218 valence electrons. The molecule has 0 unspecified atom stereocenters. The maximum absolute atomic E-state index is 13.6. The number of thioether (sulfide) groups is 1. The van der Waals surface area contributed by atoms with Crippen molar-refractivity contribution in [1.82, 2.24) is 19.7 Å². The molecule has 1 aromatic carbocycles. The molecule has 3 aliphatic heterocycles. The summed E-state index contributed by atoms with van der Waals surface area (Å²) >= 11 is 1.68. The van der Waals surface area contributed by atoms with E-state index in [1.165, 1.54) is 6.07 Å². The largest absolute Gasteiger partial charge is 0.506 e. The summed E-state index contributed by atoms with van der Waals surface area (Å²) in [4.78, 5) is 37.6. The molecular weight excluding hydrogens is 547 g/mol. The van der Waals surface area contributed by atoms with Gasteiger partial charge >= 0.3 is 12.3 Å². The molecule has 0 spiro atoms. The Kier molecular flexibility index (Phi) is 7.73. The number of aromatic nitrogens is 1. The van der Waals surface area contributed by atoms with Crippen LogP contribution in [0.2, 0.25) is 0 Å². The summed E-state index contributed by atoms with van der Waals surface area (Å²) in [5.41, 5.74) is -1.46. The van der Waals surface area contributed by atoms with Crippen molar-refractivity contribution >= 4 is 40.4 Å². The van der Waals surface area contributed by atoms with Crippen molar-refractivity contribution in [2.75, 3.05) is 55.8 Å². The number of pyridine rings is 1. The van der Waals surface area contributed by atoms with Gasteiger partial charge in [0.25, 0.3) is 0 Å². The summed E-state index contributed by atoms with van der Waals surface area (Å²) in [6, 6.07) is 4.92. The number of rotatable bonds is 3. The molecular formula is C27H34F3N5O4S. The molecule has 5 rings (SSSR count). The lowest BCUT2D eigenvalue weighted by Crippen LogP contribution is -2.51. The smallest absolute Gasteiger partial charge is 0.433 e. The SMILES string of the molecule is CC(C)(C)OC(=O)N1C[C@@H](N2CCN(c3cc(C(F)(F)F)nc4c(O)cccc34)CC2)C[C@H]1C(=O)N1CCSC1. The number of fused-ring (bicyclic) bond motifs is 1. The van der Waals surface area contributed by atoms with E-state index in [0.29, 0.717) is 62.6 Å². The third-order valence-electron chi connectivity index (χ3n) is 7.51. The number of phenols is 1. The lowest BCUT2D eigenvalue weighted by molar-refractivity contribution is -0.141. The number of nitrogens with zero attached hydrogens (tertiary/aromatic N) is 5. The van der Waals surface area contributed by atoms with Gasteiger partial charge in [0.2, 0.25) is 5.91 Å². The van der Waals surface area contributed by atoms with Crippen molar-refractivity contribution in [3.8, 4) is 5.75 Å². The molecule has 0 aliphatic carbocycles. The van der Waals surface area contributed by atoms with E-state index < -0.39 is 29.6 Å². The van der Waals surface area contributed by atoms with E-state index >= 15 is 0 Å². The molecule has 40 heavy (non-hydrogen) atoms. The average Bonchev–Trinajstić information content (AvgIpc) is 3.58. The molecule has 1 aromatic heterocycles. The predicted octanol–water partition coefficient (Wildman–Crippen LogP) is 3.99. The molecule has 0 bridgehead atoms. The summed E-state index contributed by atoms with van der Waals surface area (Å²) in [6.07, 6.45) is -4.69. The number of hydrogen-bond donors (Lipinski definition) is 1. The lowest BCUT2D eigenvalue weighted by atomic mass is 10.1. The van der Waals surface area contributed by atoms with Gasteiger partial charge in [-0.2, -0.15) is 13.2 Å². The Morgan fingerprint density at radius 2 is 1.82 bits per heavy atom. The van der Waals surface area contributed by atoms with Crippen LogP contribution in [0.25, 0.3) is 10.9 Å². The number of aromatic hydroxyl groups is 1. The number of alkyl halides is 3. The number of piperazine rings is 1. The maximum atomic E-state index is 13.6. The van der Waals surface area contributed by atoms with E-state index in [1.807, 2.05) is 4.90 Å². The first-order valence-electron chi connectivity index (χ1n) is 13.4. The number of likely N-dealkylation sites (tertiary alicyclic amines) is 1. The molecule has 1 N–H and O–H groups in total. The first kappa shape index (κ1) is 28.6. The fraction of sp³-hybridized carbons (Fsp3) is 0.593. The van der Waals surface area contributed by atoms with Crippen LogP contribution in [0.3, 0.4) is 0 Å². The van der Waals surface area contributed by atoms with Gasteiger partial charge in [0.05, 0.1) is 5.88 Å². The summed E-state index contributed by atoms with van der Waals surface area (Å²) in [6.45, 7) is 8.33. The van der Waals surface area contributed by atoms with Gasteiger partial charge in [-0.1, -0.05) is 12.1 Å². The van der Waals surface area contributed by atoms with Crippen molar-refractivity contribution in [3.63, 3.8) is 0 Å². The molecule has 2 aromatic rings. The number of ether oxygens (including phenoxy) is 1. The average molecular weight is 582 g/mol. The van der Waals surface area contributed by atoms with Crippen molar-refractivity contribution < 1.29 is 32.6 Å². The van der Waals surface area contributed by atoms with Crippen LogP contribution in [-0.2, 0) is 15.7 Å². The second kappa shape index (κ2) is 10.8. The topological polar surface area (TPSA) is 89.5 Å². The third kappa shape index (κ3) is 5.90. The van der Waals surface area contributed by atoms with E-state index in [9.17, 15) is 27.9 Å². The van der Waals surface area contributed by atoms with E-state index in [2.05, 4.69) is 9.88 Å². The zero-order valence-corrected chi connectivity index (χ0v) is 23.6. The molecule has 3 saturated heterocycles. The Bertz CT molecular complexity index is 1270. The molecule has 9 nitrogen and oxygen atoms in total. The Balaban J connectivity index is 1.33. The van der Waals surface area contributed by atoms with Crippen LogP contribution < -0.4 is 4.90 Å².